The van der Waals surface area contributed by atoms with E-state index in [-0.39, 0.29) is 25.4 Å². The summed E-state index contributed by atoms with van der Waals surface area (Å²) in [5.41, 5.74) is 5.15. The van der Waals surface area contributed by atoms with Gasteiger partial charge in [0.1, 0.15) is 0 Å². The van der Waals surface area contributed by atoms with Crippen LogP contribution in [0.3, 0.4) is 0 Å². The molecule has 2 N–H and O–H groups in total. The summed E-state index contributed by atoms with van der Waals surface area (Å²) in [5.74, 6) is -1.57. The fourth-order valence-electron chi connectivity index (χ4n) is 3.35. The first kappa shape index (κ1) is 18.3. The van der Waals surface area contributed by atoms with E-state index in [1.54, 1.807) is 0 Å². The summed E-state index contributed by atoms with van der Waals surface area (Å²) in [5, 5.41) is 0. The molecule has 0 aromatic rings. The topological polar surface area (TPSA) is 46.3 Å². The van der Waals surface area contributed by atoms with Gasteiger partial charge in [-0.25, -0.2) is 0 Å². The van der Waals surface area contributed by atoms with E-state index in [1.165, 1.54) is 4.90 Å². The average molecular weight is 308 g/mol. The SMILES string of the molecule is CCCC(CN)(CCC)C(=O)N1CCCC(C(F)(F)F)C1. The van der Waals surface area contributed by atoms with E-state index in [4.69, 9.17) is 5.73 Å². The molecule has 0 spiro atoms. The van der Waals surface area contributed by atoms with Crippen LogP contribution in [0.2, 0.25) is 0 Å². The number of alkyl halides is 3. The molecule has 0 radical (unpaired) electrons. The smallest absolute Gasteiger partial charge is 0.342 e. The molecule has 1 unspecified atom stereocenters. The largest absolute Gasteiger partial charge is 0.393 e. The van der Waals surface area contributed by atoms with Crippen molar-refractivity contribution in [1.29, 1.82) is 0 Å². The van der Waals surface area contributed by atoms with Crippen LogP contribution in [0.15, 0.2) is 0 Å². The summed E-state index contributed by atoms with van der Waals surface area (Å²) in [6.07, 6.45) is -0.801. The molecule has 0 aliphatic carbocycles. The Bertz CT molecular complexity index is 338. The lowest BCUT2D eigenvalue weighted by atomic mass is 9.77. The number of nitrogens with two attached hydrogens (primary N) is 1. The fourth-order valence-corrected chi connectivity index (χ4v) is 3.35. The molecule has 1 saturated heterocycles. The second kappa shape index (κ2) is 7.47. The van der Waals surface area contributed by atoms with Crippen molar-refractivity contribution in [3.05, 3.63) is 0 Å². The van der Waals surface area contributed by atoms with Crippen LogP contribution in [-0.4, -0.2) is 36.6 Å². The zero-order valence-electron chi connectivity index (χ0n) is 13.0. The first-order valence-corrected chi connectivity index (χ1v) is 7.87. The maximum Gasteiger partial charge on any atom is 0.393 e. The van der Waals surface area contributed by atoms with Crippen LogP contribution in [0.4, 0.5) is 13.2 Å². The highest BCUT2D eigenvalue weighted by atomic mass is 19.4. The molecular formula is C15H27F3N2O. The lowest BCUT2D eigenvalue weighted by molar-refractivity contribution is -0.190. The standard InChI is InChI=1S/C15H27F3N2O/c1-3-7-14(11-19,8-4-2)13(21)20-9-5-6-12(10-20)15(16,17)18/h12H,3-11,19H2,1-2H3. The number of hydrogen-bond acceptors (Lipinski definition) is 2. The summed E-state index contributed by atoms with van der Waals surface area (Å²) < 4.78 is 38.7. The number of piperidine rings is 1. The van der Waals surface area contributed by atoms with Gasteiger partial charge in [0.25, 0.3) is 0 Å². The van der Waals surface area contributed by atoms with Gasteiger partial charge in [-0.2, -0.15) is 13.2 Å². The molecule has 1 fully saturated rings. The Morgan fingerprint density at radius 2 is 1.81 bits per heavy atom. The van der Waals surface area contributed by atoms with Crippen molar-refractivity contribution in [2.75, 3.05) is 19.6 Å². The van der Waals surface area contributed by atoms with Gasteiger partial charge in [-0.15, -0.1) is 0 Å². The predicted octanol–water partition coefficient (Wildman–Crippen LogP) is 3.33. The highest BCUT2D eigenvalue weighted by Gasteiger charge is 2.45. The molecule has 124 valence electrons. The number of amides is 1. The van der Waals surface area contributed by atoms with Crippen molar-refractivity contribution >= 4 is 5.91 Å². The van der Waals surface area contributed by atoms with Crippen LogP contribution < -0.4 is 5.73 Å². The molecule has 1 atom stereocenters. The third-order valence-corrected chi connectivity index (χ3v) is 4.47. The van der Waals surface area contributed by atoms with Crippen LogP contribution in [0.25, 0.3) is 0 Å². The summed E-state index contributed by atoms with van der Waals surface area (Å²) in [7, 11) is 0. The third-order valence-electron chi connectivity index (χ3n) is 4.47. The van der Waals surface area contributed by atoms with Crippen LogP contribution in [0.1, 0.15) is 52.4 Å². The molecule has 21 heavy (non-hydrogen) atoms. The lowest BCUT2D eigenvalue weighted by Crippen LogP contribution is -2.52. The third kappa shape index (κ3) is 4.34. The maximum absolute atomic E-state index is 12.9. The van der Waals surface area contributed by atoms with Crippen molar-refractivity contribution in [3.8, 4) is 0 Å². The number of hydrogen-bond donors (Lipinski definition) is 1. The number of nitrogens with zero attached hydrogens (tertiary/aromatic N) is 1. The normalized spacial score (nSPS) is 20.7. The van der Waals surface area contributed by atoms with Crippen LogP contribution >= 0.6 is 0 Å². The van der Waals surface area contributed by atoms with Gasteiger partial charge in [0.15, 0.2) is 0 Å². The van der Waals surface area contributed by atoms with Gasteiger partial charge in [-0.1, -0.05) is 26.7 Å². The molecule has 1 heterocycles. The first-order chi connectivity index (χ1) is 9.80. The highest BCUT2D eigenvalue weighted by Crippen LogP contribution is 2.37. The van der Waals surface area contributed by atoms with Crippen molar-refractivity contribution < 1.29 is 18.0 Å². The number of likely N-dealkylation sites (tertiary alicyclic amines) is 1. The minimum Gasteiger partial charge on any atom is -0.342 e. The van der Waals surface area contributed by atoms with Crippen LogP contribution in [-0.2, 0) is 4.79 Å². The summed E-state index contributed by atoms with van der Waals surface area (Å²) >= 11 is 0. The van der Waals surface area contributed by atoms with Crippen LogP contribution in [0, 0.1) is 11.3 Å². The Labute approximate surface area is 125 Å². The van der Waals surface area contributed by atoms with E-state index in [0.717, 1.165) is 12.8 Å². The van der Waals surface area contributed by atoms with Crippen LogP contribution in [0.5, 0.6) is 0 Å². The second-order valence-corrected chi connectivity index (χ2v) is 6.12. The Balaban J connectivity index is 2.87. The quantitative estimate of drug-likeness (QED) is 0.818. The van der Waals surface area contributed by atoms with Gasteiger partial charge >= 0.3 is 6.18 Å². The molecule has 0 saturated carbocycles. The average Bonchev–Trinajstić information content (AvgIpc) is 2.45. The van der Waals surface area contributed by atoms with Gasteiger partial charge < -0.3 is 10.6 Å². The highest BCUT2D eigenvalue weighted by molar-refractivity contribution is 5.83. The number of carbonyl (C=O) groups is 1. The van der Waals surface area contributed by atoms with Crippen molar-refractivity contribution in [1.82, 2.24) is 4.90 Å². The molecule has 6 heteroatoms. The van der Waals surface area contributed by atoms with E-state index in [1.807, 2.05) is 13.8 Å². The molecule has 0 aromatic carbocycles. The summed E-state index contributed by atoms with van der Waals surface area (Å²) in [6.45, 7) is 4.36. The fraction of sp³-hybridized carbons (Fsp3) is 0.933. The summed E-state index contributed by atoms with van der Waals surface area (Å²) in [6, 6.07) is 0. The molecule has 1 aliphatic heterocycles. The number of carbonyl (C=O) groups excluding carboxylic acids is 1. The zero-order chi connectivity index (χ0) is 16.1. The van der Waals surface area contributed by atoms with Crippen molar-refractivity contribution in [3.63, 3.8) is 0 Å². The monoisotopic (exact) mass is 308 g/mol. The molecule has 3 nitrogen and oxygen atoms in total. The van der Waals surface area contributed by atoms with E-state index in [2.05, 4.69) is 0 Å². The lowest BCUT2D eigenvalue weighted by Gasteiger charge is -2.40. The van der Waals surface area contributed by atoms with Gasteiger partial charge in [-0.3, -0.25) is 4.79 Å². The Morgan fingerprint density at radius 1 is 1.24 bits per heavy atom. The van der Waals surface area contributed by atoms with E-state index in [9.17, 15) is 18.0 Å². The minimum atomic E-state index is -4.22. The van der Waals surface area contributed by atoms with Gasteiger partial charge in [0, 0.05) is 19.6 Å². The molecule has 1 aliphatic rings. The Morgan fingerprint density at radius 3 is 2.24 bits per heavy atom. The zero-order valence-corrected chi connectivity index (χ0v) is 13.0. The van der Waals surface area contributed by atoms with Gasteiger partial charge in [0.2, 0.25) is 5.91 Å². The minimum absolute atomic E-state index is 0.116. The predicted molar refractivity (Wildman–Crippen MR) is 76.7 cm³/mol. The maximum atomic E-state index is 12.9. The van der Waals surface area contributed by atoms with E-state index >= 15 is 0 Å². The number of halogens is 3. The Kier molecular flexibility index (Phi) is 6.50. The molecule has 0 bridgehead atoms. The molecule has 0 aromatic heterocycles. The van der Waals surface area contributed by atoms with E-state index < -0.39 is 17.5 Å². The number of rotatable bonds is 6. The first-order valence-electron chi connectivity index (χ1n) is 7.87. The van der Waals surface area contributed by atoms with Gasteiger partial charge in [-0.05, 0) is 25.7 Å². The molecular weight excluding hydrogens is 281 g/mol. The second-order valence-electron chi connectivity index (χ2n) is 6.12. The van der Waals surface area contributed by atoms with Crippen molar-refractivity contribution in [2.24, 2.45) is 17.1 Å². The summed E-state index contributed by atoms with van der Waals surface area (Å²) in [4.78, 5) is 14.2. The molecule has 1 amide bonds. The Hall–Kier alpha value is -0.780. The van der Waals surface area contributed by atoms with Crippen molar-refractivity contribution in [2.45, 2.75) is 58.5 Å². The van der Waals surface area contributed by atoms with E-state index in [0.29, 0.717) is 25.8 Å². The van der Waals surface area contributed by atoms with Gasteiger partial charge in [0.05, 0.1) is 11.3 Å². The molecule has 1 rings (SSSR count).